The SMILES string of the molecule is Cl.c1ccc(-c2ncc(CN3CCC4(CCNCC4)C3)s2)cc1. The van der Waals surface area contributed by atoms with Crippen molar-refractivity contribution in [1.82, 2.24) is 15.2 Å². The molecule has 2 aliphatic heterocycles. The van der Waals surface area contributed by atoms with E-state index in [9.17, 15) is 0 Å². The molecule has 2 saturated heterocycles. The van der Waals surface area contributed by atoms with Gasteiger partial charge in [-0.15, -0.1) is 23.7 Å². The molecule has 3 nitrogen and oxygen atoms in total. The first-order valence-corrected chi connectivity index (χ1v) is 9.08. The number of likely N-dealkylation sites (tertiary alicyclic amines) is 1. The maximum absolute atomic E-state index is 4.61. The van der Waals surface area contributed by atoms with Crippen LogP contribution in [-0.4, -0.2) is 36.1 Å². The van der Waals surface area contributed by atoms with Crippen LogP contribution in [0.3, 0.4) is 0 Å². The highest BCUT2D eigenvalue weighted by Gasteiger charge is 2.38. The predicted octanol–water partition coefficient (Wildman–Crippen LogP) is 3.81. The van der Waals surface area contributed by atoms with Crippen LogP contribution in [0.5, 0.6) is 0 Å². The van der Waals surface area contributed by atoms with Crippen LogP contribution in [0.4, 0.5) is 0 Å². The summed E-state index contributed by atoms with van der Waals surface area (Å²) in [5, 5.41) is 4.64. The smallest absolute Gasteiger partial charge is 0.123 e. The monoisotopic (exact) mass is 349 g/mol. The molecule has 124 valence electrons. The summed E-state index contributed by atoms with van der Waals surface area (Å²) in [7, 11) is 0. The van der Waals surface area contributed by atoms with E-state index in [1.165, 1.54) is 55.9 Å². The first-order valence-electron chi connectivity index (χ1n) is 8.26. The van der Waals surface area contributed by atoms with Crippen molar-refractivity contribution in [2.24, 2.45) is 5.41 Å². The van der Waals surface area contributed by atoms with Crippen LogP contribution < -0.4 is 5.32 Å². The number of nitrogens with zero attached hydrogens (tertiary/aromatic N) is 2. The Hall–Kier alpha value is -0.940. The van der Waals surface area contributed by atoms with Crippen LogP contribution in [0.15, 0.2) is 36.5 Å². The molecule has 0 atom stereocenters. The van der Waals surface area contributed by atoms with Gasteiger partial charge in [0.2, 0.25) is 0 Å². The van der Waals surface area contributed by atoms with Crippen molar-refractivity contribution in [3.05, 3.63) is 41.4 Å². The molecule has 2 aliphatic rings. The minimum absolute atomic E-state index is 0. The second-order valence-corrected chi connectivity index (χ2v) is 7.82. The predicted molar refractivity (Wildman–Crippen MR) is 99.2 cm³/mol. The zero-order valence-electron chi connectivity index (χ0n) is 13.3. The van der Waals surface area contributed by atoms with Crippen LogP contribution >= 0.6 is 23.7 Å². The van der Waals surface area contributed by atoms with Crippen molar-refractivity contribution in [1.29, 1.82) is 0 Å². The Morgan fingerprint density at radius 2 is 1.91 bits per heavy atom. The minimum Gasteiger partial charge on any atom is -0.317 e. The Bertz CT molecular complexity index is 622. The van der Waals surface area contributed by atoms with E-state index in [4.69, 9.17) is 0 Å². The fourth-order valence-corrected chi connectivity index (χ4v) is 4.80. The van der Waals surface area contributed by atoms with Crippen molar-refractivity contribution in [2.45, 2.75) is 25.8 Å². The van der Waals surface area contributed by atoms with Gasteiger partial charge in [0.1, 0.15) is 5.01 Å². The van der Waals surface area contributed by atoms with Gasteiger partial charge in [0.05, 0.1) is 0 Å². The van der Waals surface area contributed by atoms with Crippen LogP contribution in [0, 0.1) is 5.41 Å². The number of thiazole rings is 1. The van der Waals surface area contributed by atoms with Gasteiger partial charge < -0.3 is 5.32 Å². The first kappa shape index (κ1) is 16.9. The Balaban J connectivity index is 0.00000156. The maximum atomic E-state index is 4.61. The van der Waals surface area contributed by atoms with Gasteiger partial charge >= 0.3 is 0 Å². The van der Waals surface area contributed by atoms with Gasteiger partial charge in [0.25, 0.3) is 0 Å². The highest BCUT2D eigenvalue weighted by Crippen LogP contribution is 2.39. The van der Waals surface area contributed by atoms with E-state index in [-0.39, 0.29) is 12.4 Å². The molecule has 0 unspecified atom stereocenters. The molecule has 1 aromatic heterocycles. The topological polar surface area (TPSA) is 28.2 Å². The third-order valence-electron chi connectivity index (χ3n) is 5.14. The highest BCUT2D eigenvalue weighted by molar-refractivity contribution is 7.15. The molecule has 3 heterocycles. The summed E-state index contributed by atoms with van der Waals surface area (Å²) in [6.07, 6.45) is 6.14. The summed E-state index contributed by atoms with van der Waals surface area (Å²) >= 11 is 1.84. The molecule has 0 bridgehead atoms. The molecule has 2 fully saturated rings. The van der Waals surface area contributed by atoms with Crippen molar-refractivity contribution in [3.63, 3.8) is 0 Å². The molecule has 1 spiro atoms. The lowest BCUT2D eigenvalue weighted by molar-refractivity contribution is 0.194. The summed E-state index contributed by atoms with van der Waals surface area (Å²) in [6, 6.07) is 10.5. The van der Waals surface area contributed by atoms with E-state index >= 15 is 0 Å². The van der Waals surface area contributed by atoms with Gasteiger partial charge in [-0.3, -0.25) is 4.90 Å². The number of hydrogen-bond donors (Lipinski definition) is 1. The van der Waals surface area contributed by atoms with Crippen molar-refractivity contribution in [2.75, 3.05) is 26.2 Å². The van der Waals surface area contributed by atoms with Gasteiger partial charge in [0, 0.05) is 29.7 Å². The lowest BCUT2D eigenvalue weighted by Crippen LogP contribution is -2.38. The van der Waals surface area contributed by atoms with Gasteiger partial charge in [-0.1, -0.05) is 30.3 Å². The maximum Gasteiger partial charge on any atom is 0.123 e. The summed E-state index contributed by atoms with van der Waals surface area (Å²) in [6.45, 7) is 5.99. The number of halogens is 1. The molecule has 0 amide bonds. The van der Waals surface area contributed by atoms with E-state index in [0.29, 0.717) is 5.41 Å². The van der Waals surface area contributed by atoms with Crippen LogP contribution in [-0.2, 0) is 6.54 Å². The zero-order chi connectivity index (χ0) is 14.8. The average molecular weight is 350 g/mol. The average Bonchev–Trinajstić information content (AvgIpc) is 3.17. The molecule has 5 heteroatoms. The normalized spacial score (nSPS) is 20.5. The van der Waals surface area contributed by atoms with Gasteiger partial charge in [-0.2, -0.15) is 0 Å². The van der Waals surface area contributed by atoms with E-state index < -0.39 is 0 Å². The molecular weight excluding hydrogens is 326 g/mol. The van der Waals surface area contributed by atoms with Crippen molar-refractivity contribution < 1.29 is 0 Å². The Morgan fingerprint density at radius 1 is 1.13 bits per heavy atom. The van der Waals surface area contributed by atoms with E-state index in [2.05, 4.69) is 51.7 Å². The summed E-state index contributed by atoms with van der Waals surface area (Å²) in [5.41, 5.74) is 1.83. The van der Waals surface area contributed by atoms with Gasteiger partial charge in [-0.25, -0.2) is 4.98 Å². The van der Waals surface area contributed by atoms with Crippen LogP contribution in [0.2, 0.25) is 0 Å². The van der Waals surface area contributed by atoms with Gasteiger partial charge in [0.15, 0.2) is 0 Å². The Labute approximate surface area is 148 Å². The number of nitrogens with one attached hydrogen (secondary N) is 1. The fraction of sp³-hybridized carbons (Fsp3) is 0.500. The molecule has 1 aromatic carbocycles. The lowest BCUT2D eigenvalue weighted by atomic mass is 9.78. The van der Waals surface area contributed by atoms with Gasteiger partial charge in [-0.05, 0) is 44.3 Å². The van der Waals surface area contributed by atoms with Crippen LogP contribution in [0.25, 0.3) is 10.6 Å². The van der Waals surface area contributed by atoms with Crippen molar-refractivity contribution in [3.8, 4) is 10.6 Å². The Kier molecular flexibility index (Phi) is 5.37. The standard InChI is InChI=1S/C18H23N3S.ClH/c1-2-4-15(5-3-1)17-20-12-16(22-17)13-21-11-8-18(14-21)6-9-19-10-7-18;/h1-5,12,19H,6-11,13-14H2;1H. The first-order chi connectivity index (χ1) is 10.8. The molecule has 0 radical (unpaired) electrons. The third kappa shape index (κ3) is 3.77. The summed E-state index contributed by atoms with van der Waals surface area (Å²) in [4.78, 5) is 8.64. The summed E-state index contributed by atoms with van der Waals surface area (Å²) < 4.78 is 0. The second kappa shape index (κ2) is 7.31. The third-order valence-corrected chi connectivity index (χ3v) is 6.17. The van der Waals surface area contributed by atoms with E-state index in [1.54, 1.807) is 0 Å². The molecular formula is C18H24ClN3S. The molecule has 1 N–H and O–H groups in total. The number of piperidine rings is 1. The molecule has 0 saturated carbocycles. The second-order valence-electron chi connectivity index (χ2n) is 6.71. The molecule has 4 rings (SSSR count). The zero-order valence-corrected chi connectivity index (χ0v) is 15.0. The number of benzene rings is 1. The highest BCUT2D eigenvalue weighted by atomic mass is 35.5. The minimum atomic E-state index is 0. The fourth-order valence-electron chi connectivity index (χ4n) is 3.84. The molecule has 2 aromatic rings. The number of hydrogen-bond acceptors (Lipinski definition) is 4. The van der Waals surface area contributed by atoms with E-state index in [1.807, 2.05) is 11.3 Å². The Morgan fingerprint density at radius 3 is 2.70 bits per heavy atom. The largest absolute Gasteiger partial charge is 0.317 e. The van der Waals surface area contributed by atoms with Crippen LogP contribution in [0.1, 0.15) is 24.1 Å². The number of rotatable bonds is 3. The lowest BCUT2D eigenvalue weighted by Gasteiger charge is -2.33. The van der Waals surface area contributed by atoms with Crippen molar-refractivity contribution >= 4 is 23.7 Å². The summed E-state index contributed by atoms with van der Waals surface area (Å²) in [5.74, 6) is 0. The number of aromatic nitrogens is 1. The molecule has 0 aliphatic carbocycles. The quantitative estimate of drug-likeness (QED) is 0.913. The molecule has 23 heavy (non-hydrogen) atoms. The van der Waals surface area contributed by atoms with E-state index in [0.717, 1.165) is 11.6 Å².